The van der Waals surface area contributed by atoms with Crippen LogP contribution in [-0.4, -0.2) is 46.7 Å². The largest absolute Gasteiger partial charge is 0.352 e. The second-order valence-electron chi connectivity index (χ2n) is 8.15. The number of carbonyl (C=O) groups excluding carboxylic acids is 1. The Morgan fingerprint density at radius 2 is 1.96 bits per heavy atom. The van der Waals surface area contributed by atoms with E-state index in [1.165, 1.54) is 16.8 Å². The van der Waals surface area contributed by atoms with Gasteiger partial charge in [0.15, 0.2) is 0 Å². The van der Waals surface area contributed by atoms with Crippen LogP contribution in [0.4, 0.5) is 5.82 Å². The van der Waals surface area contributed by atoms with Crippen LogP contribution in [0.15, 0.2) is 0 Å². The number of nitriles is 1. The van der Waals surface area contributed by atoms with Crippen molar-refractivity contribution in [2.45, 2.75) is 63.9 Å². The zero-order chi connectivity index (χ0) is 19.6. The molecule has 0 radical (unpaired) electrons. The van der Waals surface area contributed by atoms with Gasteiger partial charge < -0.3 is 9.80 Å². The quantitative estimate of drug-likeness (QED) is 0.792. The van der Waals surface area contributed by atoms with Crippen LogP contribution >= 0.6 is 11.8 Å². The predicted octanol–water partition coefficient (Wildman–Crippen LogP) is 3.53. The van der Waals surface area contributed by atoms with Gasteiger partial charge in [0.2, 0.25) is 5.91 Å². The number of unbranched alkanes of at least 4 members (excludes halogenated alkanes) is 1. The highest BCUT2D eigenvalue weighted by Gasteiger charge is 2.33. The minimum atomic E-state index is 0.121. The van der Waals surface area contributed by atoms with Gasteiger partial charge in [-0.2, -0.15) is 17.0 Å². The van der Waals surface area contributed by atoms with Crippen molar-refractivity contribution in [1.82, 2.24) is 9.88 Å². The van der Waals surface area contributed by atoms with Crippen molar-refractivity contribution in [1.29, 1.82) is 5.26 Å². The molecule has 146 valence electrons. The summed E-state index contributed by atoms with van der Waals surface area (Å²) in [6, 6.07) is 2.48. The number of hydrogen-bond donors (Lipinski definition) is 0. The summed E-state index contributed by atoms with van der Waals surface area (Å²) < 4.78 is 0.145. The van der Waals surface area contributed by atoms with E-state index >= 15 is 0 Å². The first-order valence-electron chi connectivity index (χ1n) is 9.95. The Morgan fingerprint density at radius 3 is 2.56 bits per heavy atom. The van der Waals surface area contributed by atoms with Crippen LogP contribution in [0.25, 0.3) is 0 Å². The Labute approximate surface area is 167 Å². The van der Waals surface area contributed by atoms with Gasteiger partial charge in [0.05, 0.1) is 5.56 Å². The maximum Gasteiger partial charge on any atom is 0.219 e. The minimum Gasteiger partial charge on any atom is -0.352 e. The van der Waals surface area contributed by atoms with Crippen molar-refractivity contribution >= 4 is 23.5 Å². The molecule has 0 aliphatic carbocycles. The normalized spacial score (nSPS) is 18.8. The highest BCUT2D eigenvalue weighted by Crippen LogP contribution is 2.42. The van der Waals surface area contributed by atoms with Crippen LogP contribution in [0.1, 0.15) is 62.9 Å². The van der Waals surface area contributed by atoms with E-state index in [-0.39, 0.29) is 10.7 Å². The lowest BCUT2D eigenvalue weighted by atomic mass is 9.91. The van der Waals surface area contributed by atoms with E-state index in [9.17, 15) is 10.1 Å². The summed E-state index contributed by atoms with van der Waals surface area (Å²) >= 11 is 1.97. The van der Waals surface area contributed by atoms with Gasteiger partial charge in [0, 0.05) is 49.3 Å². The van der Waals surface area contributed by atoms with Crippen LogP contribution < -0.4 is 4.90 Å². The van der Waals surface area contributed by atoms with Crippen LogP contribution in [0, 0.1) is 11.3 Å². The molecule has 3 rings (SSSR count). The van der Waals surface area contributed by atoms with Gasteiger partial charge in [-0.25, -0.2) is 4.98 Å². The first kappa shape index (κ1) is 20.0. The summed E-state index contributed by atoms with van der Waals surface area (Å²) in [7, 11) is 0. The number of pyridine rings is 1. The van der Waals surface area contributed by atoms with Crippen molar-refractivity contribution in [3.05, 3.63) is 22.4 Å². The fourth-order valence-corrected chi connectivity index (χ4v) is 5.07. The van der Waals surface area contributed by atoms with Gasteiger partial charge in [0.1, 0.15) is 11.9 Å². The maximum atomic E-state index is 11.6. The maximum absolute atomic E-state index is 11.6. The number of rotatable bonds is 4. The fourth-order valence-electron chi connectivity index (χ4n) is 3.95. The first-order valence-corrected chi connectivity index (χ1v) is 10.9. The molecular weight excluding hydrogens is 356 g/mol. The molecule has 0 N–H and O–H groups in total. The van der Waals surface area contributed by atoms with E-state index < -0.39 is 0 Å². The van der Waals surface area contributed by atoms with Gasteiger partial charge >= 0.3 is 0 Å². The highest BCUT2D eigenvalue weighted by atomic mass is 32.2. The molecule has 0 atom stereocenters. The van der Waals surface area contributed by atoms with Gasteiger partial charge in [-0.15, -0.1) is 0 Å². The van der Waals surface area contributed by atoms with E-state index in [4.69, 9.17) is 4.98 Å². The number of nitrogens with zero attached hydrogens (tertiary/aromatic N) is 4. The number of amides is 1. The Hall–Kier alpha value is -1.74. The molecule has 0 bridgehead atoms. The summed E-state index contributed by atoms with van der Waals surface area (Å²) in [6.07, 6.45) is 4.16. The third kappa shape index (κ3) is 4.24. The average Bonchev–Trinajstić information content (AvgIpc) is 2.64. The van der Waals surface area contributed by atoms with Crippen molar-refractivity contribution in [2.75, 3.05) is 31.1 Å². The molecule has 3 heterocycles. The Balaban J connectivity index is 2.00. The number of aryl methyl sites for hydroxylation is 1. The first-order chi connectivity index (χ1) is 12.9. The lowest BCUT2D eigenvalue weighted by Gasteiger charge is -2.38. The smallest absolute Gasteiger partial charge is 0.219 e. The molecule has 1 saturated heterocycles. The van der Waals surface area contributed by atoms with Gasteiger partial charge in [-0.05, 0) is 30.4 Å². The molecule has 0 aromatic carbocycles. The molecule has 0 spiro atoms. The highest BCUT2D eigenvalue weighted by molar-refractivity contribution is 7.99. The molecule has 0 unspecified atom stereocenters. The molecule has 1 amide bonds. The van der Waals surface area contributed by atoms with Crippen molar-refractivity contribution in [2.24, 2.45) is 0 Å². The van der Waals surface area contributed by atoms with Crippen LogP contribution in [0.2, 0.25) is 0 Å². The zero-order valence-electron chi connectivity index (χ0n) is 17.0. The van der Waals surface area contributed by atoms with Gasteiger partial charge in [-0.3, -0.25) is 4.79 Å². The lowest BCUT2D eigenvalue weighted by Crippen LogP contribution is -2.48. The Kier molecular flexibility index (Phi) is 6.00. The lowest BCUT2D eigenvalue weighted by molar-refractivity contribution is -0.129. The van der Waals surface area contributed by atoms with Crippen LogP contribution in [0.3, 0.4) is 0 Å². The van der Waals surface area contributed by atoms with E-state index in [0.29, 0.717) is 13.1 Å². The summed E-state index contributed by atoms with van der Waals surface area (Å²) in [5.74, 6) is 1.91. The second kappa shape index (κ2) is 8.10. The van der Waals surface area contributed by atoms with E-state index in [0.717, 1.165) is 55.9 Å². The average molecular weight is 387 g/mol. The van der Waals surface area contributed by atoms with Crippen molar-refractivity contribution in [3.8, 4) is 6.07 Å². The van der Waals surface area contributed by atoms with Crippen LogP contribution in [0.5, 0.6) is 0 Å². The number of aromatic nitrogens is 1. The molecule has 5 nitrogen and oxygen atoms in total. The topological polar surface area (TPSA) is 60.2 Å². The number of hydrogen-bond acceptors (Lipinski definition) is 5. The molecule has 1 aromatic heterocycles. The zero-order valence-corrected chi connectivity index (χ0v) is 17.8. The molecule has 1 aromatic rings. The molecule has 0 saturated carbocycles. The Morgan fingerprint density at radius 1 is 1.26 bits per heavy atom. The van der Waals surface area contributed by atoms with E-state index in [2.05, 4.69) is 31.7 Å². The van der Waals surface area contributed by atoms with E-state index in [1.807, 2.05) is 16.7 Å². The second-order valence-corrected chi connectivity index (χ2v) is 9.83. The third-order valence-electron chi connectivity index (χ3n) is 5.59. The minimum absolute atomic E-state index is 0.121. The summed E-state index contributed by atoms with van der Waals surface area (Å²) in [4.78, 5) is 20.7. The third-order valence-corrected chi connectivity index (χ3v) is 6.95. The number of thioether (sulfide) groups is 1. The monoisotopic (exact) mass is 386 g/mol. The molecular formula is C21H30N4OS. The molecule has 2 aliphatic rings. The summed E-state index contributed by atoms with van der Waals surface area (Å²) in [5.41, 5.74) is 4.45. The number of fused-ring (bicyclic) bond motifs is 1. The fraction of sp³-hybridized carbons (Fsp3) is 0.667. The number of piperazine rings is 1. The van der Waals surface area contributed by atoms with E-state index in [1.54, 1.807) is 6.92 Å². The molecule has 6 heteroatoms. The SMILES string of the molecule is CCCCc1nc(N2CCN(C(C)=O)CC2)c(C#N)c2c1CSC(C)(C)C2. The van der Waals surface area contributed by atoms with Crippen molar-refractivity contribution < 1.29 is 4.79 Å². The predicted molar refractivity (Wildman–Crippen MR) is 111 cm³/mol. The van der Waals surface area contributed by atoms with Crippen LogP contribution in [-0.2, 0) is 23.4 Å². The molecule has 2 aliphatic heterocycles. The number of anilines is 1. The Bertz CT molecular complexity index is 760. The summed E-state index contributed by atoms with van der Waals surface area (Å²) in [5, 5.41) is 9.99. The van der Waals surface area contributed by atoms with Gasteiger partial charge in [-0.1, -0.05) is 27.2 Å². The summed E-state index contributed by atoms with van der Waals surface area (Å²) in [6.45, 7) is 11.2. The molecule has 27 heavy (non-hydrogen) atoms. The standard InChI is InChI=1S/C21H30N4OS/c1-5-6-7-19-18-14-27-21(3,4)12-16(18)17(13-22)20(23-19)25-10-8-24(9-11-25)15(2)26/h5-12,14H2,1-4H3. The molecule has 1 fully saturated rings. The van der Waals surface area contributed by atoms with Gasteiger partial charge in [0.25, 0.3) is 0 Å². The number of carbonyl (C=O) groups is 1. The van der Waals surface area contributed by atoms with Crippen molar-refractivity contribution in [3.63, 3.8) is 0 Å².